The highest BCUT2D eigenvalue weighted by Crippen LogP contribution is 2.13. The zero-order valence-electron chi connectivity index (χ0n) is 10.6. The van der Waals surface area contributed by atoms with E-state index in [9.17, 15) is 4.79 Å². The Morgan fingerprint density at radius 1 is 1.44 bits per heavy atom. The molecule has 1 aromatic heterocycles. The summed E-state index contributed by atoms with van der Waals surface area (Å²) in [5.74, 6) is 0.207. The van der Waals surface area contributed by atoms with Gasteiger partial charge >= 0.3 is 5.97 Å². The van der Waals surface area contributed by atoms with Gasteiger partial charge in [0.15, 0.2) is 0 Å². The molecular weight excluding hydrogens is 236 g/mol. The quantitative estimate of drug-likeness (QED) is 0.706. The summed E-state index contributed by atoms with van der Waals surface area (Å²) in [4.78, 5) is 17.4. The third-order valence-electron chi connectivity index (χ3n) is 2.43. The summed E-state index contributed by atoms with van der Waals surface area (Å²) in [5, 5.41) is 9.02. The van der Waals surface area contributed by atoms with Crippen LogP contribution in [0.3, 0.4) is 0 Å². The minimum Gasteiger partial charge on any atom is -0.465 e. The number of hydrogen-bond donors (Lipinski definition) is 1. The van der Waals surface area contributed by atoms with E-state index >= 15 is 0 Å². The van der Waals surface area contributed by atoms with Gasteiger partial charge in [0, 0.05) is 26.4 Å². The Balaban J connectivity index is 2.86. The number of rotatable bonds is 7. The monoisotopic (exact) mass is 254 g/mol. The van der Waals surface area contributed by atoms with E-state index in [0.29, 0.717) is 31.1 Å². The molecule has 6 heteroatoms. The molecule has 0 atom stereocenters. The normalized spacial score (nSPS) is 10.2. The van der Waals surface area contributed by atoms with Crippen molar-refractivity contribution in [2.24, 2.45) is 0 Å². The van der Waals surface area contributed by atoms with Crippen LogP contribution in [0, 0.1) is 0 Å². The van der Waals surface area contributed by atoms with E-state index < -0.39 is 5.97 Å². The highest BCUT2D eigenvalue weighted by atomic mass is 16.5. The fraction of sp³-hybridized carbons (Fsp3) is 0.500. The van der Waals surface area contributed by atoms with Crippen LogP contribution in [-0.2, 0) is 9.47 Å². The molecule has 0 saturated carbocycles. The molecule has 0 amide bonds. The van der Waals surface area contributed by atoms with Gasteiger partial charge in [0.1, 0.15) is 5.82 Å². The van der Waals surface area contributed by atoms with Crippen LogP contribution in [0.15, 0.2) is 18.3 Å². The molecule has 18 heavy (non-hydrogen) atoms. The third-order valence-corrected chi connectivity index (χ3v) is 2.43. The lowest BCUT2D eigenvalue weighted by molar-refractivity contribution is 0.0600. The zero-order valence-corrected chi connectivity index (χ0v) is 10.6. The molecule has 1 heterocycles. The highest BCUT2D eigenvalue weighted by molar-refractivity contribution is 5.90. The fourth-order valence-electron chi connectivity index (χ4n) is 1.50. The molecule has 0 aromatic carbocycles. The standard InChI is InChI=1S/C12H18N2O4/c1-17-8-6-14(5-7-15)11-9-10(3-4-13-11)12(16)18-2/h3-4,9,15H,5-8H2,1-2H3. The van der Waals surface area contributed by atoms with Crippen LogP contribution >= 0.6 is 0 Å². The number of carbonyl (C=O) groups is 1. The van der Waals surface area contributed by atoms with Gasteiger partial charge in [-0.25, -0.2) is 9.78 Å². The average Bonchev–Trinajstić information content (AvgIpc) is 2.42. The van der Waals surface area contributed by atoms with Crippen LogP contribution in [0.25, 0.3) is 0 Å². The van der Waals surface area contributed by atoms with E-state index in [1.165, 1.54) is 7.11 Å². The number of esters is 1. The summed E-state index contributed by atoms with van der Waals surface area (Å²) in [6.07, 6.45) is 1.54. The summed E-state index contributed by atoms with van der Waals surface area (Å²) in [6, 6.07) is 3.22. The molecule has 0 saturated heterocycles. The Morgan fingerprint density at radius 2 is 2.22 bits per heavy atom. The second-order valence-electron chi connectivity index (χ2n) is 3.60. The smallest absolute Gasteiger partial charge is 0.338 e. The number of aliphatic hydroxyl groups excluding tert-OH is 1. The molecule has 0 aliphatic rings. The fourth-order valence-corrected chi connectivity index (χ4v) is 1.50. The van der Waals surface area contributed by atoms with Crippen LogP contribution in [0.4, 0.5) is 5.82 Å². The van der Waals surface area contributed by atoms with Crippen molar-refractivity contribution in [3.05, 3.63) is 23.9 Å². The van der Waals surface area contributed by atoms with Gasteiger partial charge in [-0.3, -0.25) is 0 Å². The van der Waals surface area contributed by atoms with E-state index in [1.807, 2.05) is 4.90 Å². The molecule has 100 valence electrons. The largest absolute Gasteiger partial charge is 0.465 e. The van der Waals surface area contributed by atoms with Crippen molar-refractivity contribution in [1.29, 1.82) is 0 Å². The Kier molecular flexibility index (Phi) is 6.10. The van der Waals surface area contributed by atoms with Gasteiger partial charge < -0.3 is 19.5 Å². The molecule has 0 aliphatic carbocycles. The first-order valence-corrected chi connectivity index (χ1v) is 5.62. The molecule has 0 fully saturated rings. The number of nitrogens with zero attached hydrogens (tertiary/aromatic N) is 2. The summed E-state index contributed by atoms with van der Waals surface area (Å²) in [6.45, 7) is 1.55. The highest BCUT2D eigenvalue weighted by Gasteiger charge is 2.11. The van der Waals surface area contributed by atoms with E-state index in [1.54, 1.807) is 25.4 Å². The summed E-state index contributed by atoms with van der Waals surface area (Å²) in [7, 11) is 2.94. The van der Waals surface area contributed by atoms with Crippen LogP contribution in [-0.4, -0.2) is 56.6 Å². The van der Waals surface area contributed by atoms with E-state index in [0.717, 1.165) is 0 Å². The second-order valence-corrected chi connectivity index (χ2v) is 3.60. The summed E-state index contributed by atoms with van der Waals surface area (Å²) < 4.78 is 9.65. The number of hydrogen-bond acceptors (Lipinski definition) is 6. The minimum absolute atomic E-state index is 0.00778. The molecule has 1 rings (SSSR count). The van der Waals surface area contributed by atoms with Crippen molar-refractivity contribution >= 4 is 11.8 Å². The second kappa shape index (κ2) is 7.62. The molecule has 6 nitrogen and oxygen atoms in total. The summed E-state index contributed by atoms with van der Waals surface area (Å²) in [5.41, 5.74) is 0.433. The van der Waals surface area contributed by atoms with Gasteiger partial charge in [-0.2, -0.15) is 0 Å². The van der Waals surface area contributed by atoms with Crippen molar-refractivity contribution in [2.45, 2.75) is 0 Å². The Bertz CT molecular complexity index is 384. The number of carbonyl (C=O) groups excluding carboxylic acids is 1. The maximum Gasteiger partial charge on any atom is 0.338 e. The molecule has 1 aromatic rings. The number of ether oxygens (including phenoxy) is 2. The van der Waals surface area contributed by atoms with Gasteiger partial charge in [-0.1, -0.05) is 0 Å². The van der Waals surface area contributed by atoms with Gasteiger partial charge in [-0.15, -0.1) is 0 Å². The van der Waals surface area contributed by atoms with Crippen molar-refractivity contribution in [3.63, 3.8) is 0 Å². The van der Waals surface area contributed by atoms with Crippen LogP contribution in [0.5, 0.6) is 0 Å². The molecular formula is C12H18N2O4. The van der Waals surface area contributed by atoms with Crippen molar-refractivity contribution in [1.82, 2.24) is 4.98 Å². The van der Waals surface area contributed by atoms with Crippen molar-refractivity contribution in [3.8, 4) is 0 Å². The topological polar surface area (TPSA) is 71.9 Å². The van der Waals surface area contributed by atoms with Gasteiger partial charge in [0.05, 0.1) is 25.9 Å². The van der Waals surface area contributed by atoms with Gasteiger partial charge in [-0.05, 0) is 12.1 Å². The molecule has 0 spiro atoms. The number of anilines is 1. The predicted octanol–water partition coefficient (Wildman–Crippen LogP) is 0.313. The molecule has 1 N–H and O–H groups in total. The zero-order chi connectivity index (χ0) is 13.4. The van der Waals surface area contributed by atoms with Gasteiger partial charge in [0.25, 0.3) is 0 Å². The van der Waals surface area contributed by atoms with Gasteiger partial charge in [0.2, 0.25) is 0 Å². The molecule has 0 unspecified atom stereocenters. The van der Waals surface area contributed by atoms with Crippen molar-refractivity contribution < 1.29 is 19.4 Å². The van der Waals surface area contributed by atoms with E-state index in [2.05, 4.69) is 9.72 Å². The lowest BCUT2D eigenvalue weighted by atomic mass is 10.2. The number of pyridine rings is 1. The number of methoxy groups -OCH3 is 2. The first-order chi connectivity index (χ1) is 8.72. The lowest BCUT2D eigenvalue weighted by Crippen LogP contribution is -2.31. The van der Waals surface area contributed by atoms with Crippen molar-refractivity contribution in [2.75, 3.05) is 45.4 Å². The Labute approximate surface area is 106 Å². The SMILES string of the molecule is COCCN(CCO)c1cc(C(=O)OC)ccn1. The Morgan fingerprint density at radius 3 is 2.83 bits per heavy atom. The first-order valence-electron chi connectivity index (χ1n) is 5.62. The maximum absolute atomic E-state index is 11.4. The predicted molar refractivity (Wildman–Crippen MR) is 66.8 cm³/mol. The lowest BCUT2D eigenvalue weighted by Gasteiger charge is -2.22. The Hall–Kier alpha value is -1.66. The van der Waals surface area contributed by atoms with E-state index in [4.69, 9.17) is 9.84 Å². The first kappa shape index (κ1) is 14.4. The average molecular weight is 254 g/mol. The number of aliphatic hydroxyl groups is 1. The third kappa shape index (κ3) is 3.97. The maximum atomic E-state index is 11.4. The molecule has 0 radical (unpaired) electrons. The minimum atomic E-state index is -0.408. The summed E-state index contributed by atoms with van der Waals surface area (Å²) >= 11 is 0. The van der Waals surface area contributed by atoms with Crippen LogP contribution in [0.2, 0.25) is 0 Å². The molecule has 0 aliphatic heterocycles. The van der Waals surface area contributed by atoms with Crippen LogP contribution in [0.1, 0.15) is 10.4 Å². The molecule has 0 bridgehead atoms. The number of aromatic nitrogens is 1. The van der Waals surface area contributed by atoms with Crippen LogP contribution < -0.4 is 4.90 Å². The van der Waals surface area contributed by atoms with E-state index in [-0.39, 0.29) is 6.61 Å².